The van der Waals surface area contributed by atoms with Crippen molar-refractivity contribution in [2.75, 3.05) is 0 Å². The summed E-state index contributed by atoms with van der Waals surface area (Å²) < 4.78 is 5.68. The molecule has 4 nitrogen and oxygen atoms in total. The molecule has 3 heterocycles. The van der Waals surface area contributed by atoms with E-state index < -0.39 is 0 Å². The topological polar surface area (TPSA) is 50.8 Å². The minimum Gasteiger partial charge on any atom is -0.460 e. The lowest BCUT2D eigenvalue weighted by molar-refractivity contribution is 0.522. The first-order valence-corrected chi connectivity index (χ1v) is 7.44. The summed E-state index contributed by atoms with van der Waals surface area (Å²) in [5, 5.41) is 9.46. The van der Waals surface area contributed by atoms with Gasteiger partial charge in [0.2, 0.25) is 0 Å². The molecule has 2 aromatic rings. The zero-order chi connectivity index (χ0) is 13.9. The summed E-state index contributed by atoms with van der Waals surface area (Å²) >= 11 is 1.68. The highest BCUT2D eigenvalue weighted by molar-refractivity contribution is 8.13. The molecule has 0 aliphatic carbocycles. The van der Waals surface area contributed by atoms with Gasteiger partial charge in [-0.3, -0.25) is 4.98 Å². The molecule has 0 saturated heterocycles. The van der Waals surface area contributed by atoms with E-state index in [9.17, 15) is 0 Å². The van der Waals surface area contributed by atoms with Crippen molar-refractivity contribution in [3.8, 4) is 0 Å². The molecule has 3 rings (SSSR count). The van der Waals surface area contributed by atoms with Crippen LogP contribution in [0, 0.1) is 13.8 Å². The van der Waals surface area contributed by atoms with E-state index in [1.807, 2.05) is 44.3 Å². The monoisotopic (exact) mass is 285 g/mol. The molecule has 0 saturated carbocycles. The number of furan rings is 1. The first kappa shape index (κ1) is 13.1. The Labute approximate surface area is 122 Å². The molecule has 0 bridgehead atoms. The van der Waals surface area contributed by atoms with Crippen molar-refractivity contribution in [3.05, 3.63) is 53.2 Å². The standard InChI is InChI=1S/C15H15N3OS/c1-10-7-14(19-11(10)2)13-8-15(18-17-13)20-9-12-5-3-4-6-16-12/h3-7H,8-9H2,1-2H3. The molecule has 0 spiro atoms. The Morgan fingerprint density at radius 2 is 2.15 bits per heavy atom. The zero-order valence-corrected chi connectivity index (χ0v) is 12.3. The second-order valence-electron chi connectivity index (χ2n) is 4.68. The number of rotatable bonds is 3. The quantitative estimate of drug-likeness (QED) is 0.863. The first-order chi connectivity index (χ1) is 9.72. The number of nitrogens with zero attached hydrogens (tertiary/aromatic N) is 3. The molecule has 1 aliphatic heterocycles. The van der Waals surface area contributed by atoms with Crippen LogP contribution < -0.4 is 0 Å². The fourth-order valence-electron chi connectivity index (χ4n) is 1.90. The fourth-order valence-corrected chi connectivity index (χ4v) is 2.73. The third-order valence-electron chi connectivity index (χ3n) is 3.16. The first-order valence-electron chi connectivity index (χ1n) is 6.46. The van der Waals surface area contributed by atoms with E-state index in [-0.39, 0.29) is 0 Å². The molecule has 0 amide bonds. The van der Waals surface area contributed by atoms with Gasteiger partial charge in [-0.05, 0) is 37.6 Å². The van der Waals surface area contributed by atoms with E-state index in [0.717, 1.165) is 45.7 Å². The van der Waals surface area contributed by atoms with Crippen LogP contribution in [0.2, 0.25) is 0 Å². The molecular formula is C15H15N3OS. The second-order valence-corrected chi connectivity index (χ2v) is 5.73. The van der Waals surface area contributed by atoms with Crippen LogP contribution in [-0.4, -0.2) is 15.7 Å². The molecular weight excluding hydrogens is 270 g/mol. The van der Waals surface area contributed by atoms with Gasteiger partial charge in [-0.1, -0.05) is 6.07 Å². The molecule has 0 N–H and O–H groups in total. The summed E-state index contributed by atoms with van der Waals surface area (Å²) in [5.74, 6) is 2.59. The fraction of sp³-hybridized carbons (Fsp3) is 0.267. The largest absolute Gasteiger partial charge is 0.460 e. The van der Waals surface area contributed by atoms with Crippen LogP contribution in [0.5, 0.6) is 0 Å². The molecule has 1 aliphatic rings. The van der Waals surface area contributed by atoms with E-state index in [1.165, 1.54) is 0 Å². The Bertz CT molecular complexity index is 654. The summed E-state index contributed by atoms with van der Waals surface area (Å²) in [6.07, 6.45) is 2.55. The number of hydrogen-bond donors (Lipinski definition) is 0. The second kappa shape index (κ2) is 5.63. The van der Waals surface area contributed by atoms with Crippen LogP contribution in [-0.2, 0) is 5.75 Å². The highest BCUT2D eigenvalue weighted by Gasteiger charge is 2.18. The minimum absolute atomic E-state index is 0.740. The average molecular weight is 285 g/mol. The maximum Gasteiger partial charge on any atom is 0.151 e. The molecule has 0 atom stereocenters. The number of hydrogen-bond acceptors (Lipinski definition) is 5. The van der Waals surface area contributed by atoms with E-state index in [1.54, 1.807) is 11.8 Å². The highest BCUT2D eigenvalue weighted by Crippen LogP contribution is 2.23. The molecule has 0 unspecified atom stereocenters. The Kier molecular flexibility index (Phi) is 3.69. The van der Waals surface area contributed by atoms with Crippen LogP contribution in [0.15, 0.2) is 45.1 Å². The van der Waals surface area contributed by atoms with Gasteiger partial charge in [0.25, 0.3) is 0 Å². The summed E-state index contributed by atoms with van der Waals surface area (Å²) in [6.45, 7) is 4.00. The van der Waals surface area contributed by atoms with E-state index in [0.29, 0.717) is 0 Å². The van der Waals surface area contributed by atoms with Crippen LogP contribution in [0.25, 0.3) is 0 Å². The molecule has 0 fully saturated rings. The summed E-state index contributed by atoms with van der Waals surface area (Å²) in [5.41, 5.74) is 3.11. The van der Waals surface area contributed by atoms with Crippen molar-refractivity contribution in [2.45, 2.75) is 26.0 Å². The van der Waals surface area contributed by atoms with Crippen molar-refractivity contribution in [1.29, 1.82) is 0 Å². The van der Waals surface area contributed by atoms with E-state index in [4.69, 9.17) is 4.42 Å². The predicted molar refractivity (Wildman–Crippen MR) is 82.3 cm³/mol. The van der Waals surface area contributed by atoms with Crippen LogP contribution >= 0.6 is 11.8 Å². The Morgan fingerprint density at radius 3 is 2.85 bits per heavy atom. The lowest BCUT2D eigenvalue weighted by atomic mass is 10.2. The number of pyridine rings is 1. The van der Waals surface area contributed by atoms with Crippen molar-refractivity contribution >= 4 is 22.5 Å². The van der Waals surface area contributed by atoms with Crippen LogP contribution in [0.4, 0.5) is 0 Å². The maximum atomic E-state index is 5.68. The lowest BCUT2D eigenvalue weighted by Crippen LogP contribution is -2.00. The van der Waals surface area contributed by atoms with Gasteiger partial charge in [0.05, 0.1) is 5.69 Å². The Balaban J connectivity index is 1.58. The molecule has 102 valence electrons. The highest BCUT2D eigenvalue weighted by atomic mass is 32.2. The van der Waals surface area contributed by atoms with Gasteiger partial charge in [-0.2, -0.15) is 5.10 Å². The van der Waals surface area contributed by atoms with Gasteiger partial charge in [-0.25, -0.2) is 0 Å². The van der Waals surface area contributed by atoms with Gasteiger partial charge in [0.15, 0.2) is 5.76 Å². The van der Waals surface area contributed by atoms with Gasteiger partial charge >= 0.3 is 0 Å². The molecule has 5 heteroatoms. The third-order valence-corrected chi connectivity index (χ3v) is 4.16. The van der Waals surface area contributed by atoms with Crippen LogP contribution in [0.3, 0.4) is 0 Å². The van der Waals surface area contributed by atoms with Gasteiger partial charge in [0.1, 0.15) is 16.5 Å². The van der Waals surface area contributed by atoms with Crippen molar-refractivity contribution in [1.82, 2.24) is 4.98 Å². The number of aryl methyl sites for hydroxylation is 2. The summed E-state index contributed by atoms with van der Waals surface area (Å²) in [7, 11) is 0. The lowest BCUT2D eigenvalue weighted by Gasteiger charge is -2.00. The molecule has 2 aromatic heterocycles. The van der Waals surface area contributed by atoms with E-state index >= 15 is 0 Å². The number of thioether (sulfide) groups is 1. The average Bonchev–Trinajstić information content (AvgIpc) is 3.06. The van der Waals surface area contributed by atoms with Crippen molar-refractivity contribution in [3.63, 3.8) is 0 Å². The van der Waals surface area contributed by atoms with Gasteiger partial charge in [-0.15, -0.1) is 16.9 Å². The predicted octanol–water partition coefficient (Wildman–Crippen LogP) is 3.73. The Morgan fingerprint density at radius 1 is 1.25 bits per heavy atom. The van der Waals surface area contributed by atoms with E-state index in [2.05, 4.69) is 15.2 Å². The number of aromatic nitrogens is 1. The molecule has 0 aromatic carbocycles. The zero-order valence-electron chi connectivity index (χ0n) is 11.5. The summed E-state index contributed by atoms with van der Waals surface area (Å²) in [4.78, 5) is 4.30. The van der Waals surface area contributed by atoms with Crippen molar-refractivity contribution < 1.29 is 4.42 Å². The maximum absolute atomic E-state index is 5.68. The molecule has 20 heavy (non-hydrogen) atoms. The SMILES string of the molecule is Cc1cc(C2=NN=C(SCc3ccccn3)C2)oc1C. The third kappa shape index (κ3) is 2.82. The Hall–Kier alpha value is -1.88. The van der Waals surface area contributed by atoms with Gasteiger partial charge < -0.3 is 4.42 Å². The normalized spacial score (nSPS) is 14.3. The summed E-state index contributed by atoms with van der Waals surface area (Å²) in [6, 6.07) is 7.96. The minimum atomic E-state index is 0.740. The molecule has 0 radical (unpaired) electrons. The van der Waals surface area contributed by atoms with Gasteiger partial charge in [0, 0.05) is 18.4 Å². The van der Waals surface area contributed by atoms with Crippen LogP contribution in [0.1, 0.15) is 29.2 Å². The van der Waals surface area contributed by atoms with Crippen molar-refractivity contribution in [2.24, 2.45) is 10.2 Å². The smallest absolute Gasteiger partial charge is 0.151 e.